The van der Waals surface area contributed by atoms with Crippen LogP contribution in [-0.4, -0.2) is 47.8 Å². The van der Waals surface area contributed by atoms with E-state index in [4.69, 9.17) is 4.74 Å². The molecule has 1 rings (SSSR count). The van der Waals surface area contributed by atoms with Crippen molar-refractivity contribution in [3.8, 4) is 0 Å². The molecule has 0 aromatic heterocycles. The van der Waals surface area contributed by atoms with Gasteiger partial charge in [-0.15, -0.1) is 0 Å². The van der Waals surface area contributed by atoms with Gasteiger partial charge in [-0.25, -0.2) is 0 Å². The summed E-state index contributed by atoms with van der Waals surface area (Å²) in [6, 6.07) is 0. The number of aliphatic hydroxyl groups is 1. The lowest BCUT2D eigenvalue weighted by molar-refractivity contribution is -0.156. The molecular formula is C9H17NO3. The Bertz CT molecular complexity index is 183. The Morgan fingerprint density at radius 2 is 2.23 bits per heavy atom. The van der Waals surface area contributed by atoms with Crippen LogP contribution in [0.1, 0.15) is 20.3 Å². The highest BCUT2D eigenvalue weighted by atomic mass is 16.5. The van der Waals surface area contributed by atoms with Gasteiger partial charge in [0.25, 0.3) is 0 Å². The van der Waals surface area contributed by atoms with E-state index in [0.717, 1.165) is 6.42 Å². The van der Waals surface area contributed by atoms with Crippen LogP contribution in [0.15, 0.2) is 0 Å². The van der Waals surface area contributed by atoms with Gasteiger partial charge in [-0.05, 0) is 13.3 Å². The summed E-state index contributed by atoms with van der Waals surface area (Å²) in [6.07, 6.45) is 0.922. The lowest BCUT2D eigenvalue weighted by Crippen LogP contribution is -2.62. The van der Waals surface area contributed by atoms with Gasteiger partial charge < -0.3 is 14.7 Å². The molecule has 1 N–H and O–H groups in total. The normalized spacial score (nSPS) is 19.8. The zero-order chi connectivity index (χ0) is 9.90. The topological polar surface area (TPSA) is 49.8 Å². The highest BCUT2D eigenvalue weighted by Gasteiger charge is 2.39. The highest BCUT2D eigenvalue weighted by Crippen LogP contribution is 2.19. The van der Waals surface area contributed by atoms with E-state index in [1.165, 1.54) is 0 Å². The van der Waals surface area contributed by atoms with Crippen LogP contribution in [0.3, 0.4) is 0 Å². The molecule has 1 aliphatic heterocycles. The van der Waals surface area contributed by atoms with Crippen molar-refractivity contribution in [1.29, 1.82) is 0 Å². The fourth-order valence-corrected chi connectivity index (χ4v) is 1.35. The number of carbonyl (C=O) groups is 1. The predicted octanol–water partition coefficient (Wildman–Crippen LogP) is 0.00620. The largest absolute Gasteiger partial charge is 0.386 e. The van der Waals surface area contributed by atoms with Gasteiger partial charge in [0.15, 0.2) is 0 Å². The van der Waals surface area contributed by atoms with Crippen molar-refractivity contribution in [2.45, 2.75) is 25.9 Å². The second-order valence-corrected chi connectivity index (χ2v) is 3.80. The number of nitrogens with zero attached hydrogens (tertiary/aromatic N) is 1. The molecule has 0 atom stereocenters. The summed E-state index contributed by atoms with van der Waals surface area (Å²) in [4.78, 5) is 12.9. The van der Waals surface area contributed by atoms with Crippen molar-refractivity contribution in [2.24, 2.45) is 0 Å². The van der Waals surface area contributed by atoms with Gasteiger partial charge in [0.2, 0.25) is 5.91 Å². The molecule has 13 heavy (non-hydrogen) atoms. The van der Waals surface area contributed by atoms with Crippen molar-refractivity contribution in [2.75, 3.05) is 26.3 Å². The molecule has 1 heterocycles. The van der Waals surface area contributed by atoms with Gasteiger partial charge >= 0.3 is 0 Å². The highest BCUT2D eigenvalue weighted by molar-refractivity contribution is 5.78. The van der Waals surface area contributed by atoms with Gasteiger partial charge in [-0.3, -0.25) is 4.79 Å². The Labute approximate surface area is 78.5 Å². The van der Waals surface area contributed by atoms with Crippen molar-refractivity contribution in [3.63, 3.8) is 0 Å². The fraction of sp³-hybridized carbons (Fsp3) is 0.889. The molecule has 1 aliphatic rings. The Hall–Kier alpha value is -0.610. The summed E-state index contributed by atoms with van der Waals surface area (Å²) in [7, 11) is 0. The standard InChI is InChI=1S/C9H17NO3/c1-3-4-13-5-8(11)10-6-9(2,12)7-10/h12H,3-7H2,1-2H3. The number of rotatable bonds is 4. The summed E-state index contributed by atoms with van der Waals surface area (Å²) < 4.78 is 5.10. The summed E-state index contributed by atoms with van der Waals surface area (Å²) in [6.45, 7) is 5.35. The number of carbonyl (C=O) groups excluding carboxylic acids is 1. The van der Waals surface area contributed by atoms with Gasteiger partial charge in [0.1, 0.15) is 6.61 Å². The van der Waals surface area contributed by atoms with Crippen molar-refractivity contribution >= 4 is 5.91 Å². The summed E-state index contributed by atoms with van der Waals surface area (Å²) in [5, 5.41) is 9.37. The smallest absolute Gasteiger partial charge is 0.248 e. The monoisotopic (exact) mass is 187 g/mol. The first-order valence-corrected chi connectivity index (χ1v) is 4.63. The summed E-state index contributed by atoms with van der Waals surface area (Å²) in [5.74, 6) is -0.0278. The van der Waals surface area contributed by atoms with Gasteiger partial charge in [-0.1, -0.05) is 6.92 Å². The maximum Gasteiger partial charge on any atom is 0.248 e. The zero-order valence-electron chi connectivity index (χ0n) is 8.25. The molecule has 1 fully saturated rings. The Morgan fingerprint density at radius 3 is 2.69 bits per heavy atom. The number of amides is 1. The number of likely N-dealkylation sites (tertiary alicyclic amines) is 1. The van der Waals surface area contributed by atoms with Crippen LogP contribution in [0, 0.1) is 0 Å². The first-order valence-electron chi connectivity index (χ1n) is 4.63. The van der Waals surface area contributed by atoms with Gasteiger partial charge in [0.05, 0.1) is 18.7 Å². The average molecular weight is 187 g/mol. The van der Waals surface area contributed by atoms with Gasteiger partial charge in [-0.2, -0.15) is 0 Å². The first-order chi connectivity index (χ1) is 6.05. The molecule has 0 aromatic carbocycles. The Balaban J connectivity index is 2.12. The molecular weight excluding hydrogens is 170 g/mol. The average Bonchev–Trinajstić information content (AvgIpc) is 2.00. The minimum Gasteiger partial charge on any atom is -0.386 e. The third-order valence-corrected chi connectivity index (χ3v) is 1.99. The predicted molar refractivity (Wildman–Crippen MR) is 48.3 cm³/mol. The molecule has 0 aliphatic carbocycles. The maximum atomic E-state index is 11.3. The van der Waals surface area contributed by atoms with E-state index in [1.54, 1.807) is 11.8 Å². The van der Waals surface area contributed by atoms with Crippen molar-refractivity contribution in [1.82, 2.24) is 4.90 Å². The second-order valence-electron chi connectivity index (χ2n) is 3.80. The van der Waals surface area contributed by atoms with Gasteiger partial charge in [0, 0.05) is 6.61 Å². The lowest BCUT2D eigenvalue weighted by Gasteiger charge is -2.44. The second kappa shape index (κ2) is 4.07. The van der Waals surface area contributed by atoms with Crippen molar-refractivity contribution in [3.05, 3.63) is 0 Å². The Morgan fingerprint density at radius 1 is 1.62 bits per heavy atom. The van der Waals surface area contributed by atoms with Crippen molar-refractivity contribution < 1.29 is 14.6 Å². The molecule has 0 bridgehead atoms. The first kappa shape index (κ1) is 10.5. The molecule has 0 aromatic rings. The number of hydrogen-bond donors (Lipinski definition) is 1. The lowest BCUT2D eigenvalue weighted by atomic mass is 9.97. The summed E-state index contributed by atoms with van der Waals surface area (Å²) >= 11 is 0. The minimum atomic E-state index is -0.680. The molecule has 0 radical (unpaired) electrons. The van der Waals surface area contributed by atoms with Crippen LogP contribution < -0.4 is 0 Å². The van der Waals surface area contributed by atoms with E-state index in [0.29, 0.717) is 19.7 Å². The molecule has 4 nitrogen and oxygen atoms in total. The summed E-state index contributed by atoms with van der Waals surface area (Å²) in [5.41, 5.74) is -0.680. The quantitative estimate of drug-likeness (QED) is 0.630. The van der Waals surface area contributed by atoms with Crippen LogP contribution in [-0.2, 0) is 9.53 Å². The number of ether oxygens (including phenoxy) is 1. The van der Waals surface area contributed by atoms with E-state index in [2.05, 4.69) is 0 Å². The zero-order valence-corrected chi connectivity index (χ0v) is 8.25. The van der Waals surface area contributed by atoms with Crippen LogP contribution in [0.5, 0.6) is 0 Å². The van der Waals surface area contributed by atoms with E-state index < -0.39 is 5.60 Å². The molecule has 0 saturated carbocycles. The maximum absolute atomic E-state index is 11.3. The number of β-amino-alcohol motifs (C(OH)–C–C–N with tert-alkyl or cyclic N) is 1. The molecule has 0 spiro atoms. The molecule has 0 unspecified atom stereocenters. The van der Waals surface area contributed by atoms with Crippen LogP contribution in [0.25, 0.3) is 0 Å². The van der Waals surface area contributed by atoms with Crippen LogP contribution >= 0.6 is 0 Å². The molecule has 76 valence electrons. The van der Waals surface area contributed by atoms with Crippen LogP contribution in [0.4, 0.5) is 0 Å². The third kappa shape index (κ3) is 2.97. The molecule has 1 amide bonds. The Kier molecular flexibility index (Phi) is 3.27. The molecule has 1 saturated heterocycles. The van der Waals surface area contributed by atoms with E-state index >= 15 is 0 Å². The molecule has 4 heteroatoms. The van der Waals surface area contributed by atoms with E-state index in [1.807, 2.05) is 6.92 Å². The van der Waals surface area contributed by atoms with E-state index in [9.17, 15) is 9.90 Å². The number of hydrogen-bond acceptors (Lipinski definition) is 3. The third-order valence-electron chi connectivity index (χ3n) is 1.99. The minimum absolute atomic E-state index is 0.0278. The van der Waals surface area contributed by atoms with Crippen LogP contribution in [0.2, 0.25) is 0 Å². The van der Waals surface area contributed by atoms with E-state index in [-0.39, 0.29) is 12.5 Å². The SMILES string of the molecule is CCCOCC(=O)N1CC(C)(O)C1. The fourth-order valence-electron chi connectivity index (χ4n) is 1.35.